The van der Waals surface area contributed by atoms with Crippen LogP contribution < -0.4 is 10.1 Å². The van der Waals surface area contributed by atoms with Crippen LogP contribution in [0.5, 0.6) is 5.75 Å². The third kappa shape index (κ3) is 3.01. The second kappa shape index (κ2) is 5.26. The molecular weight excluding hydrogens is 253 g/mol. The second-order valence-corrected chi connectivity index (χ2v) is 4.47. The summed E-state index contributed by atoms with van der Waals surface area (Å²) in [6.07, 6.45) is 1.53. The molecule has 5 nitrogen and oxygen atoms in total. The number of amides is 1. The smallest absolute Gasteiger partial charge is 0.326 e. The molecule has 0 aromatic heterocycles. The summed E-state index contributed by atoms with van der Waals surface area (Å²) in [4.78, 5) is 22.9. The number of benzene rings is 1. The maximum Gasteiger partial charge on any atom is 0.326 e. The summed E-state index contributed by atoms with van der Waals surface area (Å²) in [5, 5.41) is 11.4. The molecule has 0 radical (unpaired) electrons. The minimum atomic E-state index is -1.09. The molecule has 1 amide bonds. The highest BCUT2D eigenvalue weighted by Gasteiger charge is 2.37. The lowest BCUT2D eigenvalue weighted by Gasteiger charge is -2.14. The summed E-state index contributed by atoms with van der Waals surface area (Å²) in [5.41, 5.74) is -0.187. The molecule has 1 aromatic rings. The van der Waals surface area contributed by atoms with Crippen molar-refractivity contribution in [1.29, 1.82) is 0 Å². The molecular formula is C13H14FNO4. The lowest BCUT2D eigenvalue weighted by atomic mass is 10.1. The molecule has 1 aromatic carbocycles. The average molecular weight is 267 g/mol. The number of methoxy groups -OCH3 is 1. The van der Waals surface area contributed by atoms with Crippen molar-refractivity contribution in [2.24, 2.45) is 5.92 Å². The van der Waals surface area contributed by atoms with Crippen LogP contribution in [-0.4, -0.2) is 30.1 Å². The van der Waals surface area contributed by atoms with Crippen LogP contribution >= 0.6 is 0 Å². The Kier molecular flexibility index (Phi) is 3.69. The molecule has 0 spiro atoms. The van der Waals surface area contributed by atoms with Crippen molar-refractivity contribution in [3.63, 3.8) is 0 Å². The van der Waals surface area contributed by atoms with Crippen LogP contribution in [0.25, 0.3) is 0 Å². The molecule has 2 N–H and O–H groups in total. The zero-order chi connectivity index (χ0) is 14.0. The van der Waals surface area contributed by atoms with Crippen LogP contribution in [0.3, 0.4) is 0 Å². The normalized spacial score (nSPS) is 15.7. The molecule has 1 unspecified atom stereocenters. The van der Waals surface area contributed by atoms with Crippen molar-refractivity contribution in [2.75, 3.05) is 7.11 Å². The fourth-order valence-electron chi connectivity index (χ4n) is 1.84. The van der Waals surface area contributed by atoms with E-state index in [1.165, 1.54) is 19.2 Å². The molecule has 19 heavy (non-hydrogen) atoms. The van der Waals surface area contributed by atoms with Gasteiger partial charge in [-0.15, -0.1) is 0 Å². The number of hydrogen-bond donors (Lipinski definition) is 2. The Labute approximate surface area is 109 Å². The SMILES string of the molecule is COc1ccc(C(=O)NC(C(=O)O)C2CC2)c(F)c1. The number of hydrogen-bond acceptors (Lipinski definition) is 3. The standard InChI is InChI=1S/C13H14FNO4/c1-19-8-4-5-9(10(14)6-8)12(16)15-11(13(17)18)7-2-3-7/h4-7,11H,2-3H2,1H3,(H,15,16)(H,17,18). The van der Waals surface area contributed by atoms with E-state index >= 15 is 0 Å². The number of carbonyl (C=O) groups is 2. The van der Waals surface area contributed by atoms with E-state index < -0.39 is 23.7 Å². The van der Waals surface area contributed by atoms with Gasteiger partial charge in [0.2, 0.25) is 0 Å². The predicted octanol–water partition coefficient (Wildman–Crippen LogP) is 1.43. The number of carbonyl (C=O) groups excluding carboxylic acids is 1. The third-order valence-electron chi connectivity index (χ3n) is 3.07. The first-order valence-electron chi connectivity index (χ1n) is 5.90. The molecule has 2 rings (SSSR count). The highest BCUT2D eigenvalue weighted by Crippen LogP contribution is 2.33. The largest absolute Gasteiger partial charge is 0.497 e. The number of halogens is 1. The van der Waals surface area contributed by atoms with Gasteiger partial charge in [0.25, 0.3) is 5.91 Å². The molecule has 1 aliphatic rings. The Morgan fingerprint density at radius 1 is 1.47 bits per heavy atom. The van der Waals surface area contributed by atoms with Crippen molar-refractivity contribution >= 4 is 11.9 Å². The molecule has 0 bridgehead atoms. The minimum Gasteiger partial charge on any atom is -0.497 e. The van der Waals surface area contributed by atoms with Crippen molar-refractivity contribution in [2.45, 2.75) is 18.9 Å². The molecule has 1 aliphatic carbocycles. The van der Waals surface area contributed by atoms with Crippen LogP contribution in [-0.2, 0) is 4.79 Å². The highest BCUT2D eigenvalue weighted by molar-refractivity contribution is 5.97. The molecule has 6 heteroatoms. The van der Waals surface area contributed by atoms with Gasteiger partial charge in [0, 0.05) is 6.07 Å². The van der Waals surface area contributed by atoms with Gasteiger partial charge in [-0.2, -0.15) is 0 Å². The Hall–Kier alpha value is -2.11. The topological polar surface area (TPSA) is 75.6 Å². The van der Waals surface area contributed by atoms with E-state index in [1.54, 1.807) is 0 Å². The van der Waals surface area contributed by atoms with Crippen molar-refractivity contribution in [3.05, 3.63) is 29.6 Å². The average Bonchev–Trinajstić information content (AvgIpc) is 3.19. The quantitative estimate of drug-likeness (QED) is 0.846. The highest BCUT2D eigenvalue weighted by atomic mass is 19.1. The number of aliphatic carboxylic acids is 1. The summed E-state index contributed by atoms with van der Waals surface area (Å²) in [5.74, 6) is -2.31. The van der Waals surface area contributed by atoms with E-state index in [4.69, 9.17) is 9.84 Å². The summed E-state index contributed by atoms with van der Waals surface area (Å²) in [6.45, 7) is 0. The van der Waals surface area contributed by atoms with Gasteiger partial charge in [0.1, 0.15) is 17.6 Å². The molecule has 0 saturated heterocycles. The first-order chi connectivity index (χ1) is 9.02. The lowest BCUT2D eigenvalue weighted by molar-refractivity contribution is -0.139. The zero-order valence-corrected chi connectivity index (χ0v) is 10.4. The summed E-state index contributed by atoms with van der Waals surface area (Å²) in [6, 6.07) is 2.86. The lowest BCUT2D eigenvalue weighted by Crippen LogP contribution is -2.42. The molecule has 0 aliphatic heterocycles. The minimum absolute atomic E-state index is 0.0530. The molecule has 1 saturated carbocycles. The van der Waals surface area contributed by atoms with Gasteiger partial charge in [-0.25, -0.2) is 9.18 Å². The Balaban J connectivity index is 2.12. The number of rotatable bonds is 5. The van der Waals surface area contributed by atoms with Crippen molar-refractivity contribution in [3.8, 4) is 5.75 Å². The molecule has 1 fully saturated rings. The van der Waals surface area contributed by atoms with Crippen molar-refractivity contribution in [1.82, 2.24) is 5.32 Å². The molecule has 102 valence electrons. The van der Waals surface area contributed by atoms with Gasteiger partial charge in [0.05, 0.1) is 12.7 Å². The van der Waals surface area contributed by atoms with E-state index in [-0.39, 0.29) is 11.5 Å². The first kappa shape index (κ1) is 13.3. The van der Waals surface area contributed by atoms with E-state index in [0.717, 1.165) is 18.9 Å². The van der Waals surface area contributed by atoms with Crippen LogP contribution in [0.4, 0.5) is 4.39 Å². The van der Waals surface area contributed by atoms with Gasteiger partial charge in [-0.3, -0.25) is 4.79 Å². The van der Waals surface area contributed by atoms with Gasteiger partial charge < -0.3 is 15.2 Å². The van der Waals surface area contributed by atoms with E-state index in [9.17, 15) is 14.0 Å². The van der Waals surface area contributed by atoms with Crippen LogP contribution in [0.1, 0.15) is 23.2 Å². The number of ether oxygens (including phenoxy) is 1. The summed E-state index contributed by atoms with van der Waals surface area (Å²) in [7, 11) is 1.39. The Bertz CT molecular complexity index is 513. The van der Waals surface area contributed by atoms with Crippen molar-refractivity contribution < 1.29 is 23.8 Å². The maximum atomic E-state index is 13.7. The first-order valence-corrected chi connectivity index (χ1v) is 5.90. The fourth-order valence-corrected chi connectivity index (χ4v) is 1.84. The second-order valence-electron chi connectivity index (χ2n) is 4.47. The number of carboxylic acid groups (broad SMARTS) is 1. The Morgan fingerprint density at radius 2 is 2.16 bits per heavy atom. The third-order valence-corrected chi connectivity index (χ3v) is 3.07. The molecule has 0 heterocycles. The zero-order valence-electron chi connectivity index (χ0n) is 10.4. The number of carboxylic acids is 1. The van der Waals surface area contributed by atoms with Crippen LogP contribution in [0, 0.1) is 11.7 Å². The predicted molar refractivity (Wildman–Crippen MR) is 64.6 cm³/mol. The van der Waals surface area contributed by atoms with Gasteiger partial charge in [-0.05, 0) is 30.9 Å². The van der Waals surface area contributed by atoms with Crippen LogP contribution in [0.15, 0.2) is 18.2 Å². The van der Waals surface area contributed by atoms with Gasteiger partial charge >= 0.3 is 5.97 Å². The fraction of sp³-hybridized carbons (Fsp3) is 0.385. The Morgan fingerprint density at radius 3 is 2.63 bits per heavy atom. The van der Waals surface area contributed by atoms with Gasteiger partial charge in [-0.1, -0.05) is 0 Å². The monoisotopic (exact) mass is 267 g/mol. The van der Waals surface area contributed by atoms with E-state index in [0.29, 0.717) is 5.75 Å². The van der Waals surface area contributed by atoms with Gasteiger partial charge in [0.15, 0.2) is 0 Å². The maximum absolute atomic E-state index is 13.7. The summed E-state index contributed by atoms with van der Waals surface area (Å²) < 4.78 is 18.5. The van der Waals surface area contributed by atoms with E-state index in [2.05, 4.69) is 5.32 Å². The molecule has 1 atom stereocenters. The van der Waals surface area contributed by atoms with E-state index in [1.807, 2.05) is 0 Å². The van der Waals surface area contributed by atoms with Crippen LogP contribution in [0.2, 0.25) is 0 Å². The summed E-state index contributed by atoms with van der Waals surface area (Å²) >= 11 is 0. The number of nitrogens with one attached hydrogen (secondary N) is 1.